The number of aromatic amines is 1. The number of halogens is 1. The highest BCUT2D eigenvalue weighted by molar-refractivity contribution is 5.95. The van der Waals surface area contributed by atoms with Gasteiger partial charge in [0.2, 0.25) is 0 Å². The van der Waals surface area contributed by atoms with Crippen molar-refractivity contribution in [1.29, 1.82) is 10.5 Å². The fourth-order valence-electron chi connectivity index (χ4n) is 6.56. The molecule has 5 heterocycles. The number of hydrogen-bond donors (Lipinski definition) is 1. The Hall–Kier alpha value is -7.31. The molecule has 2 aliphatic heterocycles. The lowest BCUT2D eigenvalue weighted by atomic mass is 9.99. The number of nitrogens with zero attached hydrogens (tertiary/aromatic N) is 9. The van der Waals surface area contributed by atoms with Crippen LogP contribution in [0.2, 0.25) is 0 Å². The first-order chi connectivity index (χ1) is 28.2. The van der Waals surface area contributed by atoms with Gasteiger partial charge >= 0.3 is 6.09 Å². The van der Waals surface area contributed by atoms with E-state index in [0.29, 0.717) is 71.6 Å². The third-order valence-electron chi connectivity index (χ3n) is 10.0. The minimum absolute atomic E-state index is 0.00348. The summed E-state index contributed by atoms with van der Waals surface area (Å²) >= 11 is 0. The van der Waals surface area contributed by atoms with Crippen molar-refractivity contribution >= 4 is 34.4 Å². The molecule has 0 radical (unpaired) electrons. The van der Waals surface area contributed by atoms with E-state index in [1.165, 1.54) is 6.07 Å². The van der Waals surface area contributed by atoms with Crippen molar-refractivity contribution in [3.8, 4) is 24.0 Å². The molecule has 0 aliphatic carbocycles. The van der Waals surface area contributed by atoms with Crippen molar-refractivity contribution in [2.24, 2.45) is 0 Å². The molecule has 300 valence electrons. The molecular weight excluding hydrogens is 752 g/mol. The van der Waals surface area contributed by atoms with Crippen molar-refractivity contribution in [3.63, 3.8) is 0 Å². The van der Waals surface area contributed by atoms with Crippen molar-refractivity contribution in [3.05, 3.63) is 123 Å². The Morgan fingerprint density at radius 1 is 0.847 bits per heavy atom. The fraction of sp³-hybridized carbons (Fsp3) is 0.318. The lowest BCUT2D eigenvalue weighted by Gasteiger charge is -2.44. The summed E-state index contributed by atoms with van der Waals surface area (Å²) < 4.78 is 20.1. The number of pyridine rings is 2. The van der Waals surface area contributed by atoms with Crippen LogP contribution in [0.1, 0.15) is 66.0 Å². The largest absolute Gasteiger partial charge is 0.444 e. The van der Waals surface area contributed by atoms with E-state index >= 15 is 0 Å². The number of carbonyl (C=O) groups excluding carboxylic acids is 2. The molecule has 1 N–H and O–H groups in total. The van der Waals surface area contributed by atoms with Crippen molar-refractivity contribution in [2.75, 3.05) is 50.1 Å². The molecule has 2 saturated heterocycles. The van der Waals surface area contributed by atoms with Crippen LogP contribution in [0.25, 0.3) is 10.8 Å². The van der Waals surface area contributed by atoms with Gasteiger partial charge in [0.1, 0.15) is 23.1 Å². The van der Waals surface area contributed by atoms with Gasteiger partial charge in [-0.15, -0.1) is 5.92 Å². The number of benzene rings is 2. The molecule has 3 aromatic heterocycles. The average Bonchev–Trinajstić information content (AvgIpc) is 3.18. The lowest BCUT2D eigenvalue weighted by Crippen LogP contribution is -2.61. The summed E-state index contributed by atoms with van der Waals surface area (Å²) in [6.45, 7) is 9.31. The number of likely N-dealkylation sites (N-methyl/N-ethyl adjacent to an activating group) is 2. The number of carbonyl (C=O) groups is 2. The first-order valence-corrected chi connectivity index (χ1v) is 18.9. The Morgan fingerprint density at radius 3 is 2.00 bits per heavy atom. The topological polar surface area (TPSA) is 175 Å². The Bertz CT molecular complexity index is 2600. The van der Waals surface area contributed by atoms with E-state index in [1.807, 2.05) is 50.7 Å². The second kappa shape index (κ2) is 17.5. The van der Waals surface area contributed by atoms with Gasteiger partial charge in [-0.3, -0.25) is 9.59 Å². The number of nitriles is 2. The smallest absolute Gasteiger partial charge is 0.410 e. The molecule has 0 saturated carbocycles. The third kappa shape index (κ3) is 9.63. The molecule has 15 heteroatoms. The summed E-state index contributed by atoms with van der Waals surface area (Å²) in [5.41, 5.74) is 2.34. The van der Waals surface area contributed by atoms with E-state index in [2.05, 4.69) is 44.1 Å². The molecular formula is C44H43FN10O4. The van der Waals surface area contributed by atoms with Crippen LogP contribution in [0.3, 0.4) is 0 Å². The van der Waals surface area contributed by atoms with Crippen LogP contribution < -0.4 is 15.4 Å². The summed E-state index contributed by atoms with van der Waals surface area (Å²) in [4.78, 5) is 53.0. The zero-order valence-corrected chi connectivity index (χ0v) is 33.7. The number of rotatable bonds is 7. The second-order valence-electron chi connectivity index (χ2n) is 15.3. The third-order valence-corrected chi connectivity index (χ3v) is 10.0. The van der Waals surface area contributed by atoms with Gasteiger partial charge in [-0.2, -0.15) is 15.6 Å². The number of amides is 2. The van der Waals surface area contributed by atoms with Crippen LogP contribution in [0.5, 0.6) is 0 Å². The Balaban J connectivity index is 0.000000236. The predicted octanol–water partition coefficient (Wildman–Crippen LogP) is 5.26. The van der Waals surface area contributed by atoms with Gasteiger partial charge in [0, 0.05) is 70.0 Å². The van der Waals surface area contributed by atoms with Gasteiger partial charge in [-0.1, -0.05) is 12.0 Å². The van der Waals surface area contributed by atoms with Gasteiger partial charge in [-0.05, 0) is 87.9 Å². The van der Waals surface area contributed by atoms with Crippen LogP contribution in [-0.4, -0.2) is 99.9 Å². The number of hydrogen-bond acceptors (Lipinski definition) is 11. The van der Waals surface area contributed by atoms with Crippen LogP contribution in [0.15, 0.2) is 77.9 Å². The van der Waals surface area contributed by atoms with E-state index in [0.717, 1.165) is 11.4 Å². The minimum atomic E-state index is -0.598. The monoisotopic (exact) mass is 794 g/mol. The Morgan fingerprint density at radius 2 is 1.44 bits per heavy atom. The quantitative estimate of drug-likeness (QED) is 0.213. The average molecular weight is 795 g/mol. The van der Waals surface area contributed by atoms with Crippen molar-refractivity contribution in [1.82, 2.24) is 30.0 Å². The summed E-state index contributed by atoms with van der Waals surface area (Å²) in [5.74, 6) is 6.21. The SMILES string of the molecule is CC#Cc1ccc2c(=O)[nH]nc(Cc3ccc(F)c(C(=O)N4CC(N(C)c5cc(C#N)ccn5)C4)c3)c2c1.CN(c1cc(C#N)ccn1)C1CN(C(=O)OC(C)(C)C)C1. The number of fused-ring (bicyclic) bond motifs is 1. The number of nitrogens with one attached hydrogen (secondary N) is 1. The Labute approximate surface area is 341 Å². The van der Waals surface area contributed by atoms with Gasteiger partial charge in [-0.25, -0.2) is 24.3 Å². The lowest BCUT2D eigenvalue weighted by molar-refractivity contribution is 0.00845. The number of H-pyrrole nitrogens is 1. The highest BCUT2D eigenvalue weighted by Crippen LogP contribution is 2.26. The number of ether oxygens (including phenoxy) is 1. The zero-order chi connectivity index (χ0) is 42.4. The molecule has 2 aliphatic rings. The Kier molecular flexibility index (Phi) is 12.2. The van der Waals surface area contributed by atoms with Crippen LogP contribution >= 0.6 is 0 Å². The van der Waals surface area contributed by atoms with Crippen molar-refractivity contribution < 1.29 is 18.7 Å². The van der Waals surface area contributed by atoms with E-state index < -0.39 is 17.3 Å². The highest BCUT2D eigenvalue weighted by atomic mass is 19.1. The number of anilines is 2. The molecule has 2 amide bonds. The first-order valence-electron chi connectivity index (χ1n) is 18.9. The fourth-order valence-corrected chi connectivity index (χ4v) is 6.56. The maximum atomic E-state index is 14.8. The molecule has 7 rings (SSSR count). The van der Waals surface area contributed by atoms with Gasteiger partial charge in [0.05, 0.1) is 52.0 Å². The summed E-state index contributed by atoms with van der Waals surface area (Å²) in [6.07, 6.45) is 3.20. The van der Waals surface area contributed by atoms with Crippen LogP contribution in [0, 0.1) is 40.3 Å². The van der Waals surface area contributed by atoms with Crippen LogP contribution in [0.4, 0.5) is 20.8 Å². The van der Waals surface area contributed by atoms with Crippen molar-refractivity contribution in [2.45, 2.75) is 51.8 Å². The van der Waals surface area contributed by atoms with E-state index in [1.54, 1.807) is 77.6 Å². The van der Waals surface area contributed by atoms with Crippen LogP contribution in [-0.2, 0) is 11.2 Å². The predicted molar refractivity (Wildman–Crippen MR) is 220 cm³/mol. The second-order valence-corrected chi connectivity index (χ2v) is 15.3. The molecule has 0 bridgehead atoms. The highest BCUT2D eigenvalue weighted by Gasteiger charge is 2.37. The van der Waals surface area contributed by atoms with E-state index in [9.17, 15) is 18.8 Å². The molecule has 0 atom stereocenters. The normalized spacial score (nSPS) is 13.6. The van der Waals surface area contributed by atoms with Gasteiger partial charge in [0.25, 0.3) is 11.5 Å². The standard InChI is InChI=1S/C29H23FN6O2.C15H20N4O2/c1-3-4-18-5-7-22-23(11-18)26(33-34-28(22)37)13-19-6-8-25(30)24(12-19)29(38)36-16-21(17-36)35(2)27-14-20(15-31)9-10-32-27;1-15(2,3)21-14(20)19-9-12(10-19)18(4)13-7-11(8-16)5-6-17-13/h5-12,14,21H,13,16-17H2,1-2H3,(H,34,37);5-7,12H,9-10H2,1-4H3. The molecule has 0 spiro atoms. The summed E-state index contributed by atoms with van der Waals surface area (Å²) in [5, 5.41) is 25.9. The molecule has 2 fully saturated rings. The number of likely N-dealkylation sites (tertiary alicyclic amines) is 2. The summed E-state index contributed by atoms with van der Waals surface area (Å²) in [6, 6.07) is 20.9. The minimum Gasteiger partial charge on any atom is -0.444 e. The molecule has 5 aromatic rings. The van der Waals surface area contributed by atoms with E-state index in [-0.39, 0.29) is 29.3 Å². The molecule has 0 unspecified atom stereocenters. The maximum Gasteiger partial charge on any atom is 0.410 e. The van der Waals surface area contributed by atoms with Gasteiger partial charge in [0.15, 0.2) is 0 Å². The first kappa shape index (κ1) is 41.3. The zero-order valence-electron chi connectivity index (χ0n) is 33.7. The maximum absolute atomic E-state index is 14.8. The molecule has 14 nitrogen and oxygen atoms in total. The van der Waals surface area contributed by atoms with Gasteiger partial charge < -0.3 is 24.3 Å². The number of aromatic nitrogens is 4. The molecule has 2 aromatic carbocycles. The molecule has 59 heavy (non-hydrogen) atoms. The summed E-state index contributed by atoms with van der Waals surface area (Å²) in [7, 11) is 3.77. The van der Waals surface area contributed by atoms with E-state index in [4.69, 9.17) is 15.3 Å².